The molecule has 106 valence electrons. The van der Waals surface area contributed by atoms with Crippen LogP contribution in [0.4, 0.5) is 0 Å². The maximum Gasteiger partial charge on any atom is 0.244 e. The molecule has 0 saturated carbocycles. The van der Waals surface area contributed by atoms with Gasteiger partial charge in [-0.1, -0.05) is 12.1 Å². The molecule has 1 saturated heterocycles. The van der Waals surface area contributed by atoms with Crippen LogP contribution >= 0.6 is 0 Å². The topological polar surface area (TPSA) is 86.0 Å². The Hall–Kier alpha value is -2.02. The van der Waals surface area contributed by atoms with Crippen LogP contribution in [-0.2, 0) is 0 Å². The molecule has 2 atom stereocenters. The Labute approximate surface area is 116 Å². The zero-order valence-corrected chi connectivity index (χ0v) is 11.5. The minimum atomic E-state index is 0.119. The van der Waals surface area contributed by atoms with E-state index >= 15 is 0 Å². The predicted octanol–water partition coefficient (Wildman–Crippen LogP) is 1.60. The van der Waals surface area contributed by atoms with Crippen molar-refractivity contribution in [2.24, 2.45) is 5.92 Å². The van der Waals surface area contributed by atoms with Crippen molar-refractivity contribution in [1.82, 2.24) is 25.4 Å². The standard InChI is InChI=1S/C13H17N5O2/c1-8-4-3-5-14-11(8)13-17-12(18-20-13)9-6-10(19-2)16-7-15-9/h6-8,11,14H,3-5H2,1-2H3. The first kappa shape index (κ1) is 13.0. The molecular weight excluding hydrogens is 258 g/mol. The van der Waals surface area contributed by atoms with Gasteiger partial charge in [-0.2, -0.15) is 4.98 Å². The third kappa shape index (κ3) is 2.49. The molecule has 0 aliphatic carbocycles. The molecule has 1 N–H and O–H groups in total. The maximum atomic E-state index is 5.38. The van der Waals surface area contributed by atoms with E-state index < -0.39 is 0 Å². The lowest BCUT2D eigenvalue weighted by Gasteiger charge is -2.26. The van der Waals surface area contributed by atoms with E-state index in [0.29, 0.717) is 29.2 Å². The summed E-state index contributed by atoms with van der Waals surface area (Å²) in [6.07, 6.45) is 3.77. The first-order valence-corrected chi connectivity index (χ1v) is 6.71. The smallest absolute Gasteiger partial charge is 0.244 e. The fourth-order valence-corrected chi connectivity index (χ4v) is 2.42. The third-order valence-corrected chi connectivity index (χ3v) is 3.56. The van der Waals surface area contributed by atoms with Gasteiger partial charge in [0, 0.05) is 6.07 Å². The summed E-state index contributed by atoms with van der Waals surface area (Å²) in [4.78, 5) is 12.5. The van der Waals surface area contributed by atoms with Crippen molar-refractivity contribution in [3.05, 3.63) is 18.3 Å². The largest absolute Gasteiger partial charge is 0.481 e. The number of hydrogen-bond acceptors (Lipinski definition) is 7. The Morgan fingerprint density at radius 3 is 3.10 bits per heavy atom. The molecule has 3 rings (SSSR count). The molecule has 2 aromatic heterocycles. The van der Waals surface area contributed by atoms with Gasteiger partial charge in [0.25, 0.3) is 0 Å². The van der Waals surface area contributed by atoms with Crippen LogP contribution < -0.4 is 10.1 Å². The van der Waals surface area contributed by atoms with E-state index in [2.05, 4.69) is 32.3 Å². The lowest BCUT2D eigenvalue weighted by atomic mass is 9.93. The summed E-state index contributed by atoms with van der Waals surface area (Å²) < 4.78 is 10.4. The van der Waals surface area contributed by atoms with Crippen LogP contribution in [0.3, 0.4) is 0 Å². The zero-order chi connectivity index (χ0) is 13.9. The van der Waals surface area contributed by atoms with E-state index in [1.165, 1.54) is 12.7 Å². The molecule has 1 aliphatic rings. The second-order valence-corrected chi connectivity index (χ2v) is 4.95. The fourth-order valence-electron chi connectivity index (χ4n) is 2.42. The SMILES string of the molecule is COc1cc(-c2noc(C3NCCCC3C)n2)ncn1. The lowest BCUT2D eigenvalue weighted by molar-refractivity contribution is 0.239. The van der Waals surface area contributed by atoms with Crippen LogP contribution in [-0.4, -0.2) is 33.8 Å². The predicted molar refractivity (Wildman–Crippen MR) is 71.0 cm³/mol. The van der Waals surface area contributed by atoms with Crippen LogP contribution in [0.5, 0.6) is 5.88 Å². The number of methoxy groups -OCH3 is 1. The minimum absolute atomic E-state index is 0.119. The highest BCUT2D eigenvalue weighted by molar-refractivity contribution is 5.49. The zero-order valence-electron chi connectivity index (χ0n) is 11.5. The average Bonchev–Trinajstić information content (AvgIpc) is 2.97. The van der Waals surface area contributed by atoms with Crippen LogP contribution in [0.2, 0.25) is 0 Å². The number of piperidine rings is 1. The van der Waals surface area contributed by atoms with Gasteiger partial charge in [0.1, 0.15) is 12.0 Å². The van der Waals surface area contributed by atoms with Gasteiger partial charge in [-0.25, -0.2) is 9.97 Å². The van der Waals surface area contributed by atoms with Gasteiger partial charge >= 0.3 is 0 Å². The van der Waals surface area contributed by atoms with Crippen LogP contribution in [0.1, 0.15) is 31.7 Å². The highest BCUT2D eigenvalue weighted by Crippen LogP contribution is 2.28. The Balaban J connectivity index is 1.85. The first-order valence-electron chi connectivity index (χ1n) is 6.71. The van der Waals surface area contributed by atoms with Gasteiger partial charge in [0.05, 0.1) is 13.2 Å². The number of nitrogens with zero attached hydrogens (tertiary/aromatic N) is 4. The Bertz CT molecular complexity index is 586. The van der Waals surface area contributed by atoms with Crippen LogP contribution in [0.25, 0.3) is 11.5 Å². The molecule has 2 unspecified atom stereocenters. The molecule has 2 aromatic rings. The molecule has 3 heterocycles. The summed E-state index contributed by atoms with van der Waals surface area (Å²) in [5.41, 5.74) is 0.593. The van der Waals surface area contributed by atoms with Gasteiger partial charge in [-0.15, -0.1) is 0 Å². The Morgan fingerprint density at radius 1 is 1.40 bits per heavy atom. The second kappa shape index (κ2) is 5.54. The van der Waals surface area contributed by atoms with E-state index in [1.54, 1.807) is 13.2 Å². The minimum Gasteiger partial charge on any atom is -0.481 e. The molecule has 20 heavy (non-hydrogen) atoms. The summed E-state index contributed by atoms with van der Waals surface area (Å²) in [6, 6.07) is 1.81. The van der Waals surface area contributed by atoms with Crippen molar-refractivity contribution < 1.29 is 9.26 Å². The van der Waals surface area contributed by atoms with E-state index in [9.17, 15) is 0 Å². The molecule has 0 radical (unpaired) electrons. The molecule has 0 amide bonds. The van der Waals surface area contributed by atoms with Crippen molar-refractivity contribution in [3.8, 4) is 17.4 Å². The fraction of sp³-hybridized carbons (Fsp3) is 0.538. The van der Waals surface area contributed by atoms with Crippen LogP contribution in [0.15, 0.2) is 16.9 Å². The Morgan fingerprint density at radius 2 is 2.30 bits per heavy atom. The highest BCUT2D eigenvalue weighted by Gasteiger charge is 2.27. The van der Waals surface area contributed by atoms with Gasteiger partial charge < -0.3 is 14.6 Å². The van der Waals surface area contributed by atoms with Crippen molar-refractivity contribution in [2.75, 3.05) is 13.7 Å². The Kier molecular flexibility index (Phi) is 3.60. The third-order valence-electron chi connectivity index (χ3n) is 3.56. The molecule has 0 aromatic carbocycles. The number of rotatable bonds is 3. The summed E-state index contributed by atoms with van der Waals surface area (Å²) >= 11 is 0. The molecule has 0 bridgehead atoms. The molecule has 1 aliphatic heterocycles. The maximum absolute atomic E-state index is 5.38. The summed E-state index contributed by atoms with van der Waals surface area (Å²) in [5, 5.41) is 7.42. The van der Waals surface area contributed by atoms with E-state index in [4.69, 9.17) is 9.26 Å². The monoisotopic (exact) mass is 275 g/mol. The summed E-state index contributed by atoms with van der Waals surface area (Å²) in [5.74, 6) is 2.03. The summed E-state index contributed by atoms with van der Waals surface area (Å²) in [7, 11) is 1.56. The van der Waals surface area contributed by atoms with E-state index in [-0.39, 0.29) is 6.04 Å². The number of hydrogen-bond donors (Lipinski definition) is 1. The quantitative estimate of drug-likeness (QED) is 0.910. The molecule has 7 heteroatoms. The van der Waals surface area contributed by atoms with Crippen LogP contribution in [0, 0.1) is 5.92 Å². The second-order valence-electron chi connectivity index (χ2n) is 4.95. The molecule has 7 nitrogen and oxygen atoms in total. The van der Waals surface area contributed by atoms with Gasteiger partial charge in [-0.05, 0) is 25.3 Å². The van der Waals surface area contributed by atoms with Crippen molar-refractivity contribution in [2.45, 2.75) is 25.8 Å². The van der Waals surface area contributed by atoms with E-state index in [0.717, 1.165) is 13.0 Å². The molecular formula is C13H17N5O2. The summed E-state index contributed by atoms with van der Waals surface area (Å²) in [6.45, 7) is 3.17. The normalized spacial score (nSPS) is 22.7. The average molecular weight is 275 g/mol. The molecule has 0 spiro atoms. The van der Waals surface area contributed by atoms with Gasteiger partial charge in [0.2, 0.25) is 17.6 Å². The van der Waals surface area contributed by atoms with Crippen molar-refractivity contribution >= 4 is 0 Å². The van der Waals surface area contributed by atoms with Crippen molar-refractivity contribution in [3.63, 3.8) is 0 Å². The first-order chi connectivity index (χ1) is 9.78. The molecule has 1 fully saturated rings. The van der Waals surface area contributed by atoms with Crippen molar-refractivity contribution in [1.29, 1.82) is 0 Å². The van der Waals surface area contributed by atoms with Gasteiger partial charge in [0.15, 0.2) is 0 Å². The van der Waals surface area contributed by atoms with E-state index in [1.807, 2.05) is 0 Å². The number of ether oxygens (including phenoxy) is 1. The number of aromatic nitrogens is 4. The number of nitrogens with one attached hydrogen (secondary N) is 1. The highest BCUT2D eigenvalue weighted by atomic mass is 16.5. The lowest BCUT2D eigenvalue weighted by Crippen LogP contribution is -2.33. The van der Waals surface area contributed by atoms with Gasteiger partial charge in [-0.3, -0.25) is 0 Å².